The zero-order chi connectivity index (χ0) is 15.2. The number of rotatable bonds is 6. The van der Waals surface area contributed by atoms with Gasteiger partial charge in [-0.05, 0) is 18.6 Å². The molecule has 2 rings (SSSR count). The van der Waals surface area contributed by atoms with Crippen molar-refractivity contribution in [2.24, 2.45) is 5.73 Å². The van der Waals surface area contributed by atoms with Gasteiger partial charge in [-0.2, -0.15) is 0 Å². The maximum absolute atomic E-state index is 11.5. The molecule has 1 saturated heterocycles. The molecular formula is C14H16N2O4S. The van der Waals surface area contributed by atoms with E-state index in [1.807, 2.05) is 0 Å². The number of nitrogens with zero attached hydrogens (tertiary/aromatic N) is 1. The van der Waals surface area contributed by atoms with Gasteiger partial charge in [-0.1, -0.05) is 24.4 Å². The number of amides is 2. The molecule has 112 valence electrons. The van der Waals surface area contributed by atoms with E-state index in [0.29, 0.717) is 30.3 Å². The van der Waals surface area contributed by atoms with Crippen molar-refractivity contribution in [3.63, 3.8) is 0 Å². The van der Waals surface area contributed by atoms with E-state index in [1.54, 1.807) is 24.3 Å². The number of thiocarbonyl (C=S) groups is 1. The highest BCUT2D eigenvalue weighted by molar-refractivity contribution is 7.80. The van der Waals surface area contributed by atoms with Crippen LogP contribution < -0.4 is 10.5 Å². The van der Waals surface area contributed by atoms with Crippen LogP contribution in [0.15, 0.2) is 24.3 Å². The SMILES string of the molecule is NC(=S)c1cccc(OCCCN2C(=O)COCC2=O)c1. The molecule has 0 spiro atoms. The first-order chi connectivity index (χ1) is 10.1. The van der Waals surface area contributed by atoms with Crippen LogP contribution in [0.25, 0.3) is 0 Å². The van der Waals surface area contributed by atoms with Gasteiger partial charge in [0.15, 0.2) is 0 Å². The number of hydrogen-bond acceptors (Lipinski definition) is 5. The third-order valence-corrected chi connectivity index (χ3v) is 3.20. The molecule has 0 atom stereocenters. The van der Waals surface area contributed by atoms with Crippen LogP contribution in [-0.2, 0) is 14.3 Å². The summed E-state index contributed by atoms with van der Waals surface area (Å²) < 4.78 is 10.4. The van der Waals surface area contributed by atoms with Gasteiger partial charge in [0, 0.05) is 12.1 Å². The molecule has 1 aromatic carbocycles. The number of carbonyl (C=O) groups is 2. The normalized spacial score (nSPS) is 15.1. The van der Waals surface area contributed by atoms with E-state index >= 15 is 0 Å². The fourth-order valence-electron chi connectivity index (χ4n) is 1.92. The Morgan fingerprint density at radius 2 is 2.05 bits per heavy atom. The lowest BCUT2D eigenvalue weighted by Gasteiger charge is -2.24. The van der Waals surface area contributed by atoms with Crippen LogP contribution in [0.3, 0.4) is 0 Å². The molecule has 7 heteroatoms. The first kappa shape index (κ1) is 15.4. The molecule has 1 aliphatic rings. The highest BCUT2D eigenvalue weighted by atomic mass is 32.1. The lowest BCUT2D eigenvalue weighted by Crippen LogP contribution is -2.46. The lowest BCUT2D eigenvalue weighted by molar-refractivity contribution is -0.158. The van der Waals surface area contributed by atoms with Crippen molar-refractivity contribution in [3.05, 3.63) is 29.8 Å². The highest BCUT2D eigenvalue weighted by Gasteiger charge is 2.25. The van der Waals surface area contributed by atoms with Crippen molar-refractivity contribution in [1.29, 1.82) is 0 Å². The molecule has 0 radical (unpaired) electrons. The monoisotopic (exact) mass is 308 g/mol. The average molecular weight is 308 g/mol. The zero-order valence-electron chi connectivity index (χ0n) is 11.4. The number of ether oxygens (including phenoxy) is 2. The Morgan fingerprint density at radius 1 is 1.33 bits per heavy atom. The fraction of sp³-hybridized carbons (Fsp3) is 0.357. The highest BCUT2D eigenvalue weighted by Crippen LogP contribution is 2.13. The summed E-state index contributed by atoms with van der Waals surface area (Å²) in [7, 11) is 0. The van der Waals surface area contributed by atoms with Gasteiger partial charge in [0.1, 0.15) is 24.0 Å². The van der Waals surface area contributed by atoms with Crippen molar-refractivity contribution < 1.29 is 19.1 Å². The van der Waals surface area contributed by atoms with E-state index in [2.05, 4.69) is 0 Å². The van der Waals surface area contributed by atoms with Gasteiger partial charge in [0.2, 0.25) is 0 Å². The third-order valence-electron chi connectivity index (χ3n) is 2.97. The Bertz CT molecular complexity index is 546. The first-order valence-electron chi connectivity index (χ1n) is 6.51. The molecule has 2 amide bonds. The molecule has 1 aromatic rings. The van der Waals surface area contributed by atoms with E-state index in [9.17, 15) is 9.59 Å². The summed E-state index contributed by atoms with van der Waals surface area (Å²) in [6, 6.07) is 7.17. The first-order valence-corrected chi connectivity index (χ1v) is 6.92. The summed E-state index contributed by atoms with van der Waals surface area (Å²) in [6.07, 6.45) is 0.550. The molecule has 1 fully saturated rings. The van der Waals surface area contributed by atoms with E-state index in [1.165, 1.54) is 4.90 Å². The van der Waals surface area contributed by atoms with E-state index in [-0.39, 0.29) is 25.0 Å². The van der Waals surface area contributed by atoms with Crippen molar-refractivity contribution in [3.8, 4) is 5.75 Å². The Hall–Kier alpha value is -1.99. The van der Waals surface area contributed by atoms with Gasteiger partial charge in [-0.3, -0.25) is 14.5 Å². The number of carbonyl (C=O) groups excluding carboxylic acids is 2. The van der Waals surface area contributed by atoms with Gasteiger partial charge >= 0.3 is 0 Å². The standard InChI is InChI=1S/C14H16N2O4S/c15-14(21)10-3-1-4-11(7-10)20-6-2-5-16-12(17)8-19-9-13(16)18/h1,3-4,7H,2,5-6,8-9H2,(H2,15,21). The molecule has 2 N–H and O–H groups in total. The predicted octanol–water partition coefficient (Wildman–Crippen LogP) is 0.475. The predicted molar refractivity (Wildman–Crippen MR) is 80.0 cm³/mol. The number of hydrogen-bond donors (Lipinski definition) is 1. The summed E-state index contributed by atoms with van der Waals surface area (Å²) >= 11 is 4.90. The molecular weight excluding hydrogens is 292 g/mol. The van der Waals surface area contributed by atoms with Gasteiger partial charge in [0.05, 0.1) is 6.61 Å². The maximum atomic E-state index is 11.5. The molecule has 0 aromatic heterocycles. The van der Waals surface area contributed by atoms with Crippen LogP contribution in [0.5, 0.6) is 5.75 Å². The minimum absolute atomic E-state index is 0.0391. The number of morpholine rings is 1. The number of imide groups is 1. The zero-order valence-corrected chi connectivity index (χ0v) is 12.2. The molecule has 0 unspecified atom stereocenters. The summed E-state index contributed by atoms with van der Waals surface area (Å²) in [4.78, 5) is 24.5. The van der Waals surface area contributed by atoms with Gasteiger partial charge < -0.3 is 15.2 Å². The minimum atomic E-state index is -0.304. The van der Waals surface area contributed by atoms with Gasteiger partial charge in [-0.15, -0.1) is 0 Å². The van der Waals surface area contributed by atoms with Crippen molar-refractivity contribution >= 4 is 29.0 Å². The lowest BCUT2D eigenvalue weighted by atomic mass is 10.2. The van der Waals surface area contributed by atoms with Crippen molar-refractivity contribution in [2.75, 3.05) is 26.4 Å². The summed E-state index contributed by atoms with van der Waals surface area (Å²) in [5.74, 6) is 0.0448. The minimum Gasteiger partial charge on any atom is -0.494 e. The quantitative estimate of drug-likeness (QED) is 0.467. The molecule has 21 heavy (non-hydrogen) atoms. The van der Waals surface area contributed by atoms with E-state index in [4.69, 9.17) is 27.4 Å². The van der Waals surface area contributed by atoms with Crippen molar-refractivity contribution in [2.45, 2.75) is 6.42 Å². The Labute approximate surface area is 127 Å². The van der Waals surface area contributed by atoms with Crippen LogP contribution in [0.4, 0.5) is 0 Å². The van der Waals surface area contributed by atoms with E-state index in [0.717, 1.165) is 5.56 Å². The van der Waals surface area contributed by atoms with Crippen LogP contribution in [0.1, 0.15) is 12.0 Å². The van der Waals surface area contributed by atoms with Crippen LogP contribution in [0.2, 0.25) is 0 Å². The summed E-state index contributed by atoms with van der Waals surface area (Å²) in [5, 5.41) is 0. The molecule has 0 aliphatic carbocycles. The molecule has 1 aliphatic heterocycles. The average Bonchev–Trinajstić information content (AvgIpc) is 2.46. The second-order valence-corrected chi connectivity index (χ2v) is 4.97. The third kappa shape index (κ3) is 4.24. The Balaban J connectivity index is 1.79. The van der Waals surface area contributed by atoms with Crippen LogP contribution >= 0.6 is 12.2 Å². The van der Waals surface area contributed by atoms with Crippen LogP contribution in [0, 0.1) is 0 Å². The molecule has 1 heterocycles. The fourth-order valence-corrected chi connectivity index (χ4v) is 2.05. The Morgan fingerprint density at radius 3 is 2.71 bits per heavy atom. The van der Waals surface area contributed by atoms with Crippen molar-refractivity contribution in [1.82, 2.24) is 4.90 Å². The van der Waals surface area contributed by atoms with Gasteiger partial charge in [-0.25, -0.2) is 0 Å². The maximum Gasteiger partial charge on any atom is 0.255 e. The van der Waals surface area contributed by atoms with Gasteiger partial charge in [0.25, 0.3) is 11.8 Å². The number of benzene rings is 1. The largest absolute Gasteiger partial charge is 0.494 e. The number of nitrogens with two attached hydrogens (primary N) is 1. The van der Waals surface area contributed by atoms with E-state index < -0.39 is 0 Å². The Kier molecular flexibility index (Phi) is 5.24. The second-order valence-electron chi connectivity index (χ2n) is 4.53. The molecule has 6 nitrogen and oxygen atoms in total. The summed E-state index contributed by atoms with van der Waals surface area (Å²) in [5.41, 5.74) is 6.29. The topological polar surface area (TPSA) is 81.9 Å². The smallest absolute Gasteiger partial charge is 0.255 e. The summed E-state index contributed by atoms with van der Waals surface area (Å²) in [6.45, 7) is 0.639. The second kappa shape index (κ2) is 7.14. The molecule has 0 saturated carbocycles. The molecule has 0 bridgehead atoms. The van der Waals surface area contributed by atoms with Crippen LogP contribution in [-0.4, -0.2) is 48.1 Å².